The molecule has 1 aliphatic carbocycles. The van der Waals surface area contributed by atoms with Gasteiger partial charge in [0.15, 0.2) is 11.5 Å². The molecule has 2 aromatic rings. The Morgan fingerprint density at radius 3 is 2.38 bits per heavy atom. The largest absolute Gasteiger partial charge is 0.448 e. The molecule has 0 aromatic heterocycles. The third kappa shape index (κ3) is 3.52. The standard InChI is InChI=1S/C24H24N2O5S/c1-32-13-10-18(26-22(28)16-6-2-3-7-17(16)23(26)29)21(27)25-15-8-9-19-20(14-15)31-24(30-19)11-4-5-12-24/h2-3,6-9,14,18H,4-5,10-13H2,1H3,(H,25,27)/t18-/m0/s1. The molecule has 1 N–H and O–H groups in total. The van der Waals surface area contributed by atoms with Crippen LogP contribution >= 0.6 is 11.8 Å². The van der Waals surface area contributed by atoms with E-state index in [2.05, 4.69) is 5.32 Å². The van der Waals surface area contributed by atoms with Crippen LogP contribution in [0.15, 0.2) is 42.5 Å². The van der Waals surface area contributed by atoms with Crippen LogP contribution in [-0.4, -0.2) is 46.5 Å². The third-order valence-corrected chi connectivity index (χ3v) is 6.85. The minimum Gasteiger partial charge on any atom is -0.448 e. The van der Waals surface area contributed by atoms with Crippen molar-refractivity contribution in [1.82, 2.24) is 4.90 Å². The molecule has 0 unspecified atom stereocenters. The number of imide groups is 1. The summed E-state index contributed by atoms with van der Waals surface area (Å²) in [5.41, 5.74) is 1.21. The van der Waals surface area contributed by atoms with Gasteiger partial charge in [0.1, 0.15) is 6.04 Å². The lowest BCUT2D eigenvalue weighted by atomic mass is 10.1. The molecule has 7 nitrogen and oxygen atoms in total. The van der Waals surface area contributed by atoms with Crippen molar-refractivity contribution in [1.29, 1.82) is 0 Å². The Morgan fingerprint density at radius 1 is 1.06 bits per heavy atom. The number of ether oxygens (including phenoxy) is 2. The molecule has 3 amide bonds. The number of hydrogen-bond donors (Lipinski definition) is 1. The van der Waals surface area contributed by atoms with Crippen LogP contribution < -0.4 is 14.8 Å². The van der Waals surface area contributed by atoms with Crippen molar-refractivity contribution in [3.05, 3.63) is 53.6 Å². The van der Waals surface area contributed by atoms with Crippen LogP contribution in [0.4, 0.5) is 5.69 Å². The normalized spacial score (nSPS) is 18.8. The summed E-state index contributed by atoms with van der Waals surface area (Å²) >= 11 is 1.56. The topological polar surface area (TPSA) is 84.9 Å². The summed E-state index contributed by atoms with van der Waals surface area (Å²) in [6.07, 6.45) is 6.11. The van der Waals surface area contributed by atoms with Gasteiger partial charge < -0.3 is 14.8 Å². The Bertz CT molecular complexity index is 1060. The maximum atomic E-state index is 13.3. The van der Waals surface area contributed by atoms with Crippen molar-refractivity contribution >= 4 is 35.2 Å². The highest BCUT2D eigenvalue weighted by Crippen LogP contribution is 2.47. The highest BCUT2D eigenvalue weighted by atomic mass is 32.2. The second-order valence-corrected chi connectivity index (χ2v) is 9.28. The number of carbonyl (C=O) groups is 3. The molecule has 2 heterocycles. The number of rotatable bonds is 6. The van der Waals surface area contributed by atoms with E-state index in [4.69, 9.17) is 9.47 Å². The second kappa shape index (κ2) is 8.16. The molecule has 5 rings (SSSR count). The Morgan fingerprint density at radius 2 is 1.72 bits per heavy atom. The van der Waals surface area contributed by atoms with E-state index in [1.807, 2.05) is 6.26 Å². The van der Waals surface area contributed by atoms with Crippen LogP contribution in [0.1, 0.15) is 52.8 Å². The van der Waals surface area contributed by atoms with E-state index < -0.39 is 29.6 Å². The zero-order valence-corrected chi connectivity index (χ0v) is 18.6. The Labute approximate surface area is 190 Å². The number of anilines is 1. The molecule has 0 bridgehead atoms. The molecular formula is C24H24N2O5S. The van der Waals surface area contributed by atoms with Gasteiger partial charge in [0.2, 0.25) is 5.91 Å². The highest BCUT2D eigenvalue weighted by Gasteiger charge is 2.45. The zero-order chi connectivity index (χ0) is 22.3. The second-order valence-electron chi connectivity index (χ2n) is 8.30. The van der Waals surface area contributed by atoms with Crippen molar-refractivity contribution in [2.75, 3.05) is 17.3 Å². The molecule has 2 aromatic carbocycles. The number of nitrogens with zero attached hydrogens (tertiary/aromatic N) is 1. The van der Waals surface area contributed by atoms with Gasteiger partial charge in [-0.25, -0.2) is 0 Å². The van der Waals surface area contributed by atoms with E-state index in [0.29, 0.717) is 40.5 Å². The van der Waals surface area contributed by atoms with E-state index in [0.717, 1.165) is 30.6 Å². The van der Waals surface area contributed by atoms with E-state index in [-0.39, 0.29) is 0 Å². The molecule has 0 radical (unpaired) electrons. The molecule has 1 atom stereocenters. The lowest BCUT2D eigenvalue weighted by molar-refractivity contribution is -0.120. The Balaban J connectivity index is 1.36. The molecular weight excluding hydrogens is 428 g/mol. The van der Waals surface area contributed by atoms with Crippen molar-refractivity contribution in [3.8, 4) is 11.5 Å². The average molecular weight is 453 g/mol. The van der Waals surface area contributed by atoms with Crippen molar-refractivity contribution < 1.29 is 23.9 Å². The van der Waals surface area contributed by atoms with Crippen molar-refractivity contribution in [2.24, 2.45) is 0 Å². The molecule has 1 fully saturated rings. The number of nitrogens with one attached hydrogen (secondary N) is 1. The van der Waals surface area contributed by atoms with Gasteiger partial charge in [0, 0.05) is 24.6 Å². The minimum atomic E-state index is -0.901. The quantitative estimate of drug-likeness (QED) is 0.665. The summed E-state index contributed by atoms with van der Waals surface area (Å²) in [5.74, 6) is 0.0703. The smallest absolute Gasteiger partial charge is 0.262 e. The summed E-state index contributed by atoms with van der Waals surface area (Å²) in [7, 11) is 0. The van der Waals surface area contributed by atoms with Gasteiger partial charge in [0.05, 0.1) is 11.1 Å². The van der Waals surface area contributed by atoms with Crippen LogP contribution in [0, 0.1) is 0 Å². The van der Waals surface area contributed by atoms with E-state index in [9.17, 15) is 14.4 Å². The predicted molar refractivity (Wildman–Crippen MR) is 121 cm³/mol. The molecule has 1 spiro atoms. The van der Waals surface area contributed by atoms with Crippen LogP contribution in [0.5, 0.6) is 11.5 Å². The molecule has 3 aliphatic rings. The van der Waals surface area contributed by atoms with Crippen LogP contribution in [0.25, 0.3) is 0 Å². The monoisotopic (exact) mass is 452 g/mol. The summed E-state index contributed by atoms with van der Waals surface area (Å²) in [6.45, 7) is 0. The molecule has 166 valence electrons. The van der Waals surface area contributed by atoms with Gasteiger partial charge >= 0.3 is 0 Å². The average Bonchev–Trinajstić information content (AvgIpc) is 3.46. The maximum absolute atomic E-state index is 13.3. The van der Waals surface area contributed by atoms with E-state index >= 15 is 0 Å². The number of fused-ring (bicyclic) bond motifs is 2. The third-order valence-electron chi connectivity index (χ3n) is 6.20. The molecule has 8 heteroatoms. The van der Waals surface area contributed by atoms with E-state index in [1.165, 1.54) is 0 Å². The van der Waals surface area contributed by atoms with Gasteiger partial charge in [-0.1, -0.05) is 12.1 Å². The van der Waals surface area contributed by atoms with Gasteiger partial charge in [-0.05, 0) is 55.5 Å². The Kier molecular flexibility index (Phi) is 5.33. The first-order valence-corrected chi connectivity index (χ1v) is 12.2. The molecule has 0 saturated heterocycles. The number of hydrogen-bond acceptors (Lipinski definition) is 6. The number of thioether (sulfide) groups is 1. The van der Waals surface area contributed by atoms with Gasteiger partial charge in [-0.15, -0.1) is 0 Å². The SMILES string of the molecule is CSCC[C@@H](C(=O)Nc1ccc2c(c1)OC1(CCCC1)O2)N1C(=O)c2ccccc2C1=O. The van der Waals surface area contributed by atoms with Gasteiger partial charge in [-0.2, -0.15) is 11.8 Å². The zero-order valence-electron chi connectivity index (χ0n) is 17.8. The van der Waals surface area contributed by atoms with Crippen molar-refractivity contribution in [2.45, 2.75) is 43.9 Å². The van der Waals surface area contributed by atoms with Gasteiger partial charge in [-0.3, -0.25) is 19.3 Å². The first-order chi connectivity index (χ1) is 15.5. The highest BCUT2D eigenvalue weighted by molar-refractivity contribution is 7.98. The summed E-state index contributed by atoms with van der Waals surface area (Å²) in [5, 5.41) is 2.87. The van der Waals surface area contributed by atoms with Crippen molar-refractivity contribution in [3.63, 3.8) is 0 Å². The fourth-order valence-corrected chi connectivity index (χ4v) is 5.07. The lowest BCUT2D eigenvalue weighted by Crippen LogP contribution is -2.47. The minimum absolute atomic E-state index is 0.337. The van der Waals surface area contributed by atoms with Gasteiger partial charge in [0.25, 0.3) is 17.6 Å². The summed E-state index contributed by atoms with van der Waals surface area (Å²) < 4.78 is 12.1. The maximum Gasteiger partial charge on any atom is 0.262 e. The Hall–Kier alpha value is -3.00. The first kappa shape index (κ1) is 20.9. The summed E-state index contributed by atoms with van der Waals surface area (Å²) in [6, 6.07) is 11.1. The molecule has 2 aliphatic heterocycles. The van der Waals surface area contributed by atoms with E-state index in [1.54, 1.807) is 54.2 Å². The first-order valence-electron chi connectivity index (χ1n) is 10.8. The number of benzene rings is 2. The molecule has 1 saturated carbocycles. The van der Waals surface area contributed by atoms with Crippen LogP contribution in [0.3, 0.4) is 0 Å². The lowest BCUT2D eigenvalue weighted by Gasteiger charge is -2.25. The predicted octanol–water partition coefficient (Wildman–Crippen LogP) is 4.08. The van der Waals surface area contributed by atoms with Crippen LogP contribution in [0.2, 0.25) is 0 Å². The summed E-state index contributed by atoms with van der Waals surface area (Å²) in [4.78, 5) is 40.2. The van der Waals surface area contributed by atoms with Crippen LogP contribution in [-0.2, 0) is 4.79 Å². The number of carbonyl (C=O) groups excluding carboxylic acids is 3. The fraction of sp³-hybridized carbons (Fsp3) is 0.375. The number of amides is 3. The molecule has 32 heavy (non-hydrogen) atoms. The fourth-order valence-electron chi connectivity index (χ4n) is 4.61.